The SMILES string of the molecule is OCCCn1c(Sc2ccc3c(c2)OCO3)nc2c([AsH2])ncnc21. The number of aliphatic hydroxyl groups is 1. The normalized spacial score (nSPS) is 12.9. The van der Waals surface area contributed by atoms with Crippen LogP contribution in [0.4, 0.5) is 0 Å². The molecule has 0 saturated carbocycles. The van der Waals surface area contributed by atoms with E-state index in [1.54, 1.807) is 6.33 Å². The van der Waals surface area contributed by atoms with Crippen molar-refractivity contribution in [3.05, 3.63) is 24.5 Å². The van der Waals surface area contributed by atoms with Crippen LogP contribution in [0, 0.1) is 0 Å². The molecular formula is C15H15AsN4O3S. The fourth-order valence-corrected chi connectivity index (χ4v) is 3.97. The first kappa shape index (κ1) is 15.7. The number of imidazole rings is 1. The van der Waals surface area contributed by atoms with Crippen LogP contribution < -0.4 is 14.0 Å². The van der Waals surface area contributed by atoms with Crippen molar-refractivity contribution in [3.63, 3.8) is 0 Å². The molecule has 3 heterocycles. The van der Waals surface area contributed by atoms with Crippen LogP contribution in [-0.2, 0) is 6.54 Å². The third kappa shape index (κ3) is 2.85. The van der Waals surface area contributed by atoms with Gasteiger partial charge in [-0.2, -0.15) is 0 Å². The second-order valence-electron chi connectivity index (χ2n) is 5.17. The van der Waals surface area contributed by atoms with Gasteiger partial charge in [-0.3, -0.25) is 0 Å². The average molecular weight is 406 g/mol. The summed E-state index contributed by atoms with van der Waals surface area (Å²) in [5.41, 5.74) is 1.62. The molecule has 124 valence electrons. The molecular weight excluding hydrogens is 391 g/mol. The average Bonchev–Trinajstić information content (AvgIpc) is 3.18. The summed E-state index contributed by atoms with van der Waals surface area (Å²) in [4.78, 5) is 14.3. The minimum absolute atomic E-state index is 0.127. The Hall–Kier alpha value is -1.76. The molecule has 1 N–H and O–H groups in total. The molecule has 1 aliphatic heterocycles. The summed E-state index contributed by atoms with van der Waals surface area (Å²) in [6, 6.07) is 5.83. The van der Waals surface area contributed by atoms with E-state index in [0.29, 0.717) is 13.0 Å². The number of fused-ring (bicyclic) bond motifs is 2. The van der Waals surface area contributed by atoms with Gasteiger partial charge >= 0.3 is 151 Å². The fourth-order valence-electron chi connectivity index (χ4n) is 2.49. The van der Waals surface area contributed by atoms with Crippen molar-refractivity contribution in [2.75, 3.05) is 13.4 Å². The topological polar surface area (TPSA) is 82.3 Å². The van der Waals surface area contributed by atoms with Gasteiger partial charge in [0.05, 0.1) is 0 Å². The zero-order valence-electron chi connectivity index (χ0n) is 12.7. The molecule has 0 saturated heterocycles. The summed E-state index contributed by atoms with van der Waals surface area (Å²) >= 11 is 2.96. The number of hydrogen-bond acceptors (Lipinski definition) is 7. The molecule has 7 nitrogen and oxygen atoms in total. The first-order valence-electron chi connectivity index (χ1n) is 7.41. The number of aliphatic hydroxyl groups excluding tert-OH is 1. The Morgan fingerprint density at radius 3 is 3.00 bits per heavy atom. The van der Waals surface area contributed by atoms with Gasteiger partial charge in [-0.15, -0.1) is 0 Å². The molecule has 2 aromatic heterocycles. The van der Waals surface area contributed by atoms with E-state index in [1.807, 2.05) is 22.8 Å². The number of rotatable bonds is 5. The van der Waals surface area contributed by atoms with Gasteiger partial charge in [-0.05, 0) is 0 Å². The summed E-state index contributed by atoms with van der Waals surface area (Å²) in [5.74, 6) is 1.51. The third-order valence-corrected chi connectivity index (χ3v) is 5.49. The zero-order valence-corrected chi connectivity index (χ0v) is 15.9. The van der Waals surface area contributed by atoms with E-state index in [0.717, 1.165) is 37.2 Å². The number of benzene rings is 1. The van der Waals surface area contributed by atoms with Crippen molar-refractivity contribution >= 4 is 44.3 Å². The van der Waals surface area contributed by atoms with Gasteiger partial charge in [-0.1, -0.05) is 0 Å². The number of hydrogen-bond donors (Lipinski definition) is 1. The monoisotopic (exact) mass is 406 g/mol. The number of aryl methyl sites for hydroxylation is 1. The Kier molecular flexibility index (Phi) is 4.35. The van der Waals surface area contributed by atoms with Crippen LogP contribution >= 0.6 is 11.8 Å². The van der Waals surface area contributed by atoms with E-state index in [9.17, 15) is 5.11 Å². The molecule has 1 atom stereocenters. The molecule has 1 aliphatic rings. The van der Waals surface area contributed by atoms with Crippen LogP contribution in [0.1, 0.15) is 6.42 Å². The Morgan fingerprint density at radius 1 is 1.25 bits per heavy atom. The Balaban J connectivity index is 1.73. The van der Waals surface area contributed by atoms with E-state index in [1.165, 1.54) is 28.6 Å². The first-order chi connectivity index (χ1) is 11.8. The molecule has 0 bridgehead atoms. The summed E-state index contributed by atoms with van der Waals surface area (Å²) in [6.45, 7) is 1.04. The van der Waals surface area contributed by atoms with Gasteiger partial charge < -0.3 is 0 Å². The maximum atomic E-state index is 9.18. The quantitative estimate of drug-likeness (QED) is 0.613. The van der Waals surface area contributed by atoms with Crippen LogP contribution in [0.15, 0.2) is 34.6 Å². The second-order valence-corrected chi connectivity index (χ2v) is 7.36. The molecule has 9 heteroatoms. The van der Waals surface area contributed by atoms with Crippen molar-refractivity contribution in [2.45, 2.75) is 23.0 Å². The van der Waals surface area contributed by atoms with Gasteiger partial charge in [0.25, 0.3) is 0 Å². The van der Waals surface area contributed by atoms with Gasteiger partial charge in [0.1, 0.15) is 0 Å². The Morgan fingerprint density at radius 2 is 2.12 bits per heavy atom. The van der Waals surface area contributed by atoms with Gasteiger partial charge in [0.15, 0.2) is 0 Å². The predicted octanol–water partition coefficient (Wildman–Crippen LogP) is 0.347. The summed E-state index contributed by atoms with van der Waals surface area (Å²) < 4.78 is 13.7. The Labute approximate surface area is 150 Å². The molecule has 3 aromatic rings. The van der Waals surface area contributed by atoms with Crippen LogP contribution in [0.25, 0.3) is 11.2 Å². The minimum atomic E-state index is 0.127. The van der Waals surface area contributed by atoms with Gasteiger partial charge in [0, 0.05) is 0 Å². The number of ether oxygens (including phenoxy) is 2. The molecule has 0 fully saturated rings. The molecule has 4 rings (SSSR count). The van der Waals surface area contributed by atoms with Gasteiger partial charge in [-0.25, -0.2) is 0 Å². The van der Waals surface area contributed by atoms with Gasteiger partial charge in [0.2, 0.25) is 0 Å². The van der Waals surface area contributed by atoms with Crippen molar-refractivity contribution in [1.82, 2.24) is 19.5 Å². The molecule has 0 radical (unpaired) electrons. The standard InChI is InChI=1S/C15H15AsN4O3S/c16-13-12-14(18-7-17-13)20(4-1-5-21)15(19-12)24-9-2-3-10-11(6-9)23-8-22-10/h2-3,6-7,21H,1,4-5,8,16H2. The van der Waals surface area contributed by atoms with E-state index in [2.05, 4.69) is 9.97 Å². The molecule has 0 amide bonds. The van der Waals surface area contributed by atoms with Crippen molar-refractivity contribution in [3.8, 4) is 11.5 Å². The third-order valence-electron chi connectivity index (χ3n) is 3.62. The number of aromatic nitrogens is 4. The first-order valence-corrected chi connectivity index (χ1v) is 9.44. The Bertz CT molecular complexity index is 902. The second kappa shape index (κ2) is 6.62. The van der Waals surface area contributed by atoms with Crippen LogP contribution in [0.3, 0.4) is 0 Å². The molecule has 0 spiro atoms. The van der Waals surface area contributed by atoms with Crippen molar-refractivity contribution in [2.24, 2.45) is 0 Å². The van der Waals surface area contributed by atoms with Crippen molar-refractivity contribution in [1.29, 1.82) is 0 Å². The van der Waals surface area contributed by atoms with E-state index >= 15 is 0 Å². The van der Waals surface area contributed by atoms with E-state index < -0.39 is 0 Å². The van der Waals surface area contributed by atoms with E-state index in [-0.39, 0.29) is 13.4 Å². The van der Waals surface area contributed by atoms with Crippen LogP contribution in [-0.4, -0.2) is 54.9 Å². The summed E-state index contributed by atoms with van der Waals surface area (Å²) in [6.07, 6.45) is 2.21. The maximum absolute atomic E-state index is 9.18. The van der Waals surface area contributed by atoms with Crippen LogP contribution in [0.5, 0.6) is 11.5 Å². The molecule has 24 heavy (non-hydrogen) atoms. The number of nitrogens with zero attached hydrogens (tertiary/aromatic N) is 4. The zero-order chi connectivity index (χ0) is 16.5. The van der Waals surface area contributed by atoms with E-state index in [4.69, 9.17) is 14.5 Å². The molecule has 0 aliphatic carbocycles. The fraction of sp³-hybridized carbons (Fsp3) is 0.267. The molecule has 1 unspecified atom stereocenters. The predicted molar refractivity (Wildman–Crippen MR) is 91.9 cm³/mol. The summed E-state index contributed by atoms with van der Waals surface area (Å²) in [5, 5.41) is 10.0. The van der Waals surface area contributed by atoms with Crippen LogP contribution in [0.2, 0.25) is 0 Å². The summed E-state index contributed by atoms with van der Waals surface area (Å²) in [7, 11) is 0. The van der Waals surface area contributed by atoms with Crippen molar-refractivity contribution < 1.29 is 14.6 Å². The molecule has 1 aromatic carbocycles.